The Labute approximate surface area is 97.5 Å². The van der Waals surface area contributed by atoms with Gasteiger partial charge in [-0.15, -0.1) is 0 Å². The van der Waals surface area contributed by atoms with Crippen LogP contribution in [0.2, 0.25) is 0 Å². The number of ether oxygens (including phenoxy) is 1. The minimum atomic E-state index is -4.34. The minimum absolute atomic E-state index is 0.311. The summed E-state index contributed by atoms with van der Waals surface area (Å²) in [5, 5.41) is 0. The van der Waals surface area contributed by atoms with E-state index < -0.39 is 11.7 Å². The average Bonchev–Trinajstić information content (AvgIpc) is 2.28. The number of alkyl halides is 3. The Hall–Kier alpha value is -1.97. The first kappa shape index (κ1) is 13.1. The lowest BCUT2D eigenvalue weighted by atomic mass is 10.2. The first-order valence-corrected chi connectivity index (χ1v) is 4.77. The van der Waals surface area contributed by atoms with Crippen molar-refractivity contribution in [3.63, 3.8) is 0 Å². The summed E-state index contributed by atoms with van der Waals surface area (Å²) in [6.45, 7) is 7.00. The molecule has 0 spiro atoms. The van der Waals surface area contributed by atoms with Crippen LogP contribution in [0.25, 0.3) is 0 Å². The summed E-state index contributed by atoms with van der Waals surface area (Å²) < 4.78 is 42.1. The second-order valence-corrected chi connectivity index (χ2v) is 3.13. The van der Waals surface area contributed by atoms with Crippen LogP contribution in [0.3, 0.4) is 0 Å². The molecule has 1 aromatic carbocycles. The molecule has 0 amide bonds. The van der Waals surface area contributed by atoms with Crippen molar-refractivity contribution in [2.24, 2.45) is 0 Å². The first-order valence-electron chi connectivity index (χ1n) is 4.77. The van der Waals surface area contributed by atoms with Crippen molar-refractivity contribution in [3.8, 4) is 5.75 Å². The van der Waals surface area contributed by atoms with E-state index in [0.717, 1.165) is 12.1 Å². The van der Waals surface area contributed by atoms with Gasteiger partial charge in [-0.25, -0.2) is 0 Å². The summed E-state index contributed by atoms with van der Waals surface area (Å²) in [4.78, 5) is 0. The Morgan fingerprint density at radius 2 is 1.71 bits per heavy atom. The zero-order valence-electron chi connectivity index (χ0n) is 9.00. The third-order valence-electron chi connectivity index (χ3n) is 1.90. The maximum atomic E-state index is 12.3. The number of allylic oxidation sites excluding steroid dienone is 3. The fraction of sp³-hybridized carbons (Fsp3) is 0.0769. The van der Waals surface area contributed by atoms with E-state index in [4.69, 9.17) is 4.74 Å². The van der Waals surface area contributed by atoms with E-state index in [-0.39, 0.29) is 0 Å². The quantitative estimate of drug-likeness (QED) is 0.562. The fourth-order valence-corrected chi connectivity index (χ4v) is 1.11. The molecule has 0 radical (unpaired) electrons. The molecular weight excluding hydrogens is 229 g/mol. The predicted octanol–water partition coefficient (Wildman–Crippen LogP) is 4.34. The van der Waals surface area contributed by atoms with Crippen LogP contribution in [0.4, 0.5) is 13.2 Å². The fourth-order valence-electron chi connectivity index (χ4n) is 1.11. The van der Waals surface area contributed by atoms with Crippen LogP contribution in [0.1, 0.15) is 5.56 Å². The van der Waals surface area contributed by atoms with Crippen molar-refractivity contribution in [3.05, 3.63) is 67.0 Å². The third kappa shape index (κ3) is 3.83. The summed E-state index contributed by atoms with van der Waals surface area (Å²) in [6, 6.07) is 4.43. The molecule has 0 bridgehead atoms. The molecule has 17 heavy (non-hydrogen) atoms. The van der Waals surface area contributed by atoms with Gasteiger partial charge in [-0.1, -0.05) is 19.2 Å². The van der Waals surface area contributed by atoms with Gasteiger partial charge in [-0.2, -0.15) is 13.2 Å². The number of halogens is 3. The van der Waals surface area contributed by atoms with E-state index in [2.05, 4.69) is 13.2 Å². The summed E-state index contributed by atoms with van der Waals surface area (Å²) >= 11 is 0. The van der Waals surface area contributed by atoms with Crippen molar-refractivity contribution in [2.45, 2.75) is 6.18 Å². The number of benzene rings is 1. The molecule has 1 rings (SSSR count). The van der Waals surface area contributed by atoms with Crippen LogP contribution in [0.5, 0.6) is 5.75 Å². The zero-order valence-corrected chi connectivity index (χ0v) is 9.00. The van der Waals surface area contributed by atoms with Crippen LogP contribution in [0, 0.1) is 0 Å². The van der Waals surface area contributed by atoms with Crippen molar-refractivity contribution in [1.29, 1.82) is 0 Å². The summed E-state index contributed by atoms with van der Waals surface area (Å²) in [7, 11) is 0. The molecule has 0 atom stereocenters. The summed E-state index contributed by atoms with van der Waals surface area (Å²) in [5.74, 6) is 0.728. The van der Waals surface area contributed by atoms with Gasteiger partial charge < -0.3 is 4.74 Å². The normalized spacial score (nSPS) is 12.1. The molecule has 0 N–H and O–H groups in total. The van der Waals surface area contributed by atoms with Gasteiger partial charge in [0.05, 0.1) is 5.56 Å². The number of rotatable bonds is 4. The van der Waals surface area contributed by atoms with Crippen LogP contribution in [0.15, 0.2) is 61.4 Å². The maximum Gasteiger partial charge on any atom is 0.416 e. The van der Waals surface area contributed by atoms with E-state index in [1.54, 1.807) is 6.08 Å². The standard InChI is InChI=1S/C13H11F3O/c1-3-5-11(4-2)17-12-8-6-10(7-9-12)13(14,15)16/h3-9H,1-2H2/b11-5+. The average molecular weight is 240 g/mol. The highest BCUT2D eigenvalue weighted by Crippen LogP contribution is 2.30. The second kappa shape index (κ2) is 5.39. The summed E-state index contributed by atoms with van der Waals surface area (Å²) in [6.07, 6.45) is 0.169. The molecule has 0 aliphatic carbocycles. The zero-order chi connectivity index (χ0) is 12.9. The lowest BCUT2D eigenvalue weighted by Crippen LogP contribution is -2.04. The molecule has 0 aliphatic heterocycles. The molecule has 90 valence electrons. The maximum absolute atomic E-state index is 12.3. The molecule has 0 saturated carbocycles. The van der Waals surface area contributed by atoms with E-state index in [1.165, 1.54) is 24.3 Å². The van der Waals surface area contributed by atoms with E-state index >= 15 is 0 Å². The number of hydrogen-bond acceptors (Lipinski definition) is 1. The first-order chi connectivity index (χ1) is 7.97. The Bertz CT molecular complexity index is 427. The molecule has 0 unspecified atom stereocenters. The highest BCUT2D eigenvalue weighted by atomic mass is 19.4. The molecule has 4 heteroatoms. The second-order valence-electron chi connectivity index (χ2n) is 3.13. The minimum Gasteiger partial charge on any atom is -0.457 e. The lowest BCUT2D eigenvalue weighted by Gasteiger charge is -2.09. The molecular formula is C13H11F3O. The van der Waals surface area contributed by atoms with Gasteiger partial charge in [-0.3, -0.25) is 0 Å². The molecule has 0 aliphatic rings. The van der Waals surface area contributed by atoms with Crippen LogP contribution in [-0.4, -0.2) is 0 Å². The highest BCUT2D eigenvalue weighted by molar-refractivity contribution is 5.31. The Morgan fingerprint density at radius 1 is 1.12 bits per heavy atom. The van der Waals surface area contributed by atoms with Gasteiger partial charge in [-0.05, 0) is 36.4 Å². The van der Waals surface area contributed by atoms with Gasteiger partial charge >= 0.3 is 6.18 Å². The largest absolute Gasteiger partial charge is 0.457 e. The van der Waals surface area contributed by atoms with Gasteiger partial charge in [0, 0.05) is 0 Å². The molecule has 0 aromatic heterocycles. The van der Waals surface area contributed by atoms with Crippen LogP contribution in [-0.2, 0) is 6.18 Å². The topological polar surface area (TPSA) is 9.23 Å². The SMILES string of the molecule is C=C/C=C(\C=C)Oc1ccc(C(F)(F)F)cc1. The lowest BCUT2D eigenvalue weighted by molar-refractivity contribution is -0.137. The molecule has 0 saturated heterocycles. The van der Waals surface area contributed by atoms with E-state index in [9.17, 15) is 13.2 Å². The van der Waals surface area contributed by atoms with Crippen LogP contribution >= 0.6 is 0 Å². The molecule has 0 fully saturated rings. The molecule has 0 heterocycles. The smallest absolute Gasteiger partial charge is 0.416 e. The Morgan fingerprint density at radius 3 is 2.12 bits per heavy atom. The van der Waals surface area contributed by atoms with Crippen molar-refractivity contribution in [2.75, 3.05) is 0 Å². The molecule has 1 aromatic rings. The Balaban J connectivity index is 2.85. The van der Waals surface area contributed by atoms with E-state index in [0.29, 0.717) is 11.5 Å². The van der Waals surface area contributed by atoms with Crippen molar-refractivity contribution >= 4 is 0 Å². The van der Waals surface area contributed by atoms with Crippen molar-refractivity contribution in [1.82, 2.24) is 0 Å². The van der Waals surface area contributed by atoms with Gasteiger partial charge in [0.1, 0.15) is 11.5 Å². The van der Waals surface area contributed by atoms with Gasteiger partial charge in [0.25, 0.3) is 0 Å². The molecule has 1 nitrogen and oxygen atoms in total. The predicted molar refractivity (Wildman–Crippen MR) is 60.5 cm³/mol. The van der Waals surface area contributed by atoms with Gasteiger partial charge in [0.15, 0.2) is 0 Å². The highest BCUT2D eigenvalue weighted by Gasteiger charge is 2.29. The Kier molecular flexibility index (Phi) is 4.15. The van der Waals surface area contributed by atoms with Gasteiger partial charge in [0.2, 0.25) is 0 Å². The van der Waals surface area contributed by atoms with Crippen molar-refractivity contribution < 1.29 is 17.9 Å². The summed E-state index contributed by atoms with van der Waals surface area (Å²) in [5.41, 5.74) is -0.710. The van der Waals surface area contributed by atoms with E-state index in [1.807, 2.05) is 0 Å². The van der Waals surface area contributed by atoms with Crippen LogP contribution < -0.4 is 4.74 Å². The monoisotopic (exact) mass is 240 g/mol. The number of hydrogen-bond donors (Lipinski definition) is 0. The third-order valence-corrected chi connectivity index (χ3v) is 1.90.